The fourth-order valence-electron chi connectivity index (χ4n) is 0.911. The number of hydrogen-bond acceptors (Lipinski definition) is 4. The minimum absolute atomic E-state index is 0.596. The lowest BCUT2D eigenvalue weighted by molar-refractivity contribution is 0.194. The molecular weight excluding hydrogens is 156 g/mol. The van der Waals surface area contributed by atoms with Crippen molar-refractivity contribution in [2.75, 3.05) is 20.3 Å². The molecule has 0 aliphatic carbocycles. The molecule has 1 aromatic heterocycles. The van der Waals surface area contributed by atoms with Crippen molar-refractivity contribution < 1.29 is 9.15 Å². The largest absolute Gasteiger partial charge is 0.446 e. The van der Waals surface area contributed by atoms with E-state index in [1.54, 1.807) is 13.3 Å². The van der Waals surface area contributed by atoms with Crippen molar-refractivity contribution in [3.63, 3.8) is 0 Å². The van der Waals surface area contributed by atoms with E-state index in [0.29, 0.717) is 13.2 Å². The highest BCUT2D eigenvalue weighted by molar-refractivity contribution is 4.94. The Kier molecular flexibility index (Phi) is 3.76. The molecule has 0 aliphatic rings. The Bertz CT molecular complexity index is 223. The standard InChI is InChI=1S/C8H14N2O2/c1-11-5-3-8-10-6-7(12-8)2-4-9/h6H,2-5,9H2,1H3. The van der Waals surface area contributed by atoms with Gasteiger partial charge in [0, 0.05) is 20.0 Å². The molecule has 1 heterocycles. The van der Waals surface area contributed by atoms with Crippen LogP contribution >= 0.6 is 0 Å². The first kappa shape index (κ1) is 9.22. The Morgan fingerprint density at radius 1 is 1.58 bits per heavy atom. The molecule has 1 rings (SSSR count). The normalized spacial score (nSPS) is 10.5. The number of aromatic nitrogens is 1. The van der Waals surface area contributed by atoms with Crippen LogP contribution in [0.5, 0.6) is 0 Å². The van der Waals surface area contributed by atoms with Crippen LogP contribution in [0.1, 0.15) is 11.7 Å². The zero-order valence-corrected chi connectivity index (χ0v) is 7.25. The molecule has 0 saturated heterocycles. The van der Waals surface area contributed by atoms with Gasteiger partial charge in [0.05, 0.1) is 12.8 Å². The second kappa shape index (κ2) is 4.90. The second-order valence-corrected chi connectivity index (χ2v) is 2.50. The molecule has 1 aromatic rings. The van der Waals surface area contributed by atoms with Gasteiger partial charge in [-0.25, -0.2) is 4.98 Å². The molecule has 0 radical (unpaired) electrons. The van der Waals surface area contributed by atoms with Crippen LogP contribution in [-0.2, 0) is 17.6 Å². The minimum Gasteiger partial charge on any atom is -0.446 e. The van der Waals surface area contributed by atoms with Crippen LogP contribution in [0, 0.1) is 0 Å². The molecule has 0 atom stereocenters. The fourth-order valence-corrected chi connectivity index (χ4v) is 0.911. The van der Waals surface area contributed by atoms with Crippen molar-refractivity contribution in [3.8, 4) is 0 Å². The highest BCUT2D eigenvalue weighted by Crippen LogP contribution is 2.04. The SMILES string of the molecule is COCCc1ncc(CCN)o1. The van der Waals surface area contributed by atoms with E-state index in [9.17, 15) is 0 Å². The topological polar surface area (TPSA) is 61.3 Å². The maximum atomic E-state index is 5.36. The summed E-state index contributed by atoms with van der Waals surface area (Å²) in [6.45, 7) is 1.24. The number of hydrogen-bond donors (Lipinski definition) is 1. The van der Waals surface area contributed by atoms with Crippen LogP contribution in [0.4, 0.5) is 0 Å². The molecule has 0 unspecified atom stereocenters. The predicted octanol–water partition coefficient (Wildman–Crippen LogP) is 0.365. The van der Waals surface area contributed by atoms with Crippen LogP contribution in [0.2, 0.25) is 0 Å². The summed E-state index contributed by atoms with van der Waals surface area (Å²) < 4.78 is 10.2. The van der Waals surface area contributed by atoms with Gasteiger partial charge < -0.3 is 14.9 Å². The molecule has 4 nitrogen and oxygen atoms in total. The lowest BCUT2D eigenvalue weighted by atomic mass is 10.4. The summed E-state index contributed by atoms with van der Waals surface area (Å²) in [6, 6.07) is 0. The summed E-state index contributed by atoms with van der Waals surface area (Å²) in [5.74, 6) is 1.57. The highest BCUT2D eigenvalue weighted by Gasteiger charge is 2.01. The molecule has 12 heavy (non-hydrogen) atoms. The summed E-state index contributed by atoms with van der Waals surface area (Å²) in [4.78, 5) is 4.07. The molecule has 0 amide bonds. The van der Waals surface area contributed by atoms with E-state index in [1.165, 1.54) is 0 Å². The number of ether oxygens (including phenoxy) is 1. The van der Waals surface area contributed by atoms with Crippen molar-refractivity contribution in [1.29, 1.82) is 0 Å². The molecular formula is C8H14N2O2. The summed E-state index contributed by atoms with van der Waals surface area (Å²) in [6.07, 6.45) is 3.19. The van der Waals surface area contributed by atoms with Gasteiger partial charge in [-0.3, -0.25) is 0 Å². The third-order valence-electron chi connectivity index (χ3n) is 1.51. The number of rotatable bonds is 5. The molecule has 0 fully saturated rings. The van der Waals surface area contributed by atoms with E-state index >= 15 is 0 Å². The van der Waals surface area contributed by atoms with Crippen LogP contribution in [-0.4, -0.2) is 25.2 Å². The maximum Gasteiger partial charge on any atom is 0.196 e. The molecule has 2 N–H and O–H groups in total. The van der Waals surface area contributed by atoms with Crippen molar-refractivity contribution in [1.82, 2.24) is 4.98 Å². The molecule has 0 saturated carbocycles. The zero-order chi connectivity index (χ0) is 8.81. The first-order valence-electron chi connectivity index (χ1n) is 3.99. The minimum atomic E-state index is 0.596. The quantitative estimate of drug-likeness (QED) is 0.693. The van der Waals surface area contributed by atoms with Crippen molar-refractivity contribution in [2.24, 2.45) is 5.73 Å². The van der Waals surface area contributed by atoms with Crippen molar-refractivity contribution in [3.05, 3.63) is 17.8 Å². The van der Waals surface area contributed by atoms with Gasteiger partial charge in [0.2, 0.25) is 0 Å². The number of oxazole rings is 1. The summed E-state index contributed by atoms with van der Waals surface area (Å²) in [5, 5.41) is 0. The average Bonchev–Trinajstić information content (AvgIpc) is 2.50. The summed E-state index contributed by atoms with van der Waals surface area (Å²) >= 11 is 0. The Morgan fingerprint density at radius 2 is 2.42 bits per heavy atom. The lowest BCUT2D eigenvalue weighted by Crippen LogP contribution is -2.01. The van der Waals surface area contributed by atoms with E-state index in [4.69, 9.17) is 14.9 Å². The smallest absolute Gasteiger partial charge is 0.196 e. The highest BCUT2D eigenvalue weighted by atomic mass is 16.5. The Balaban J connectivity index is 2.41. The number of nitrogens with two attached hydrogens (primary N) is 1. The van der Waals surface area contributed by atoms with Crippen LogP contribution in [0.3, 0.4) is 0 Å². The predicted molar refractivity (Wildman–Crippen MR) is 44.8 cm³/mol. The van der Waals surface area contributed by atoms with Crippen LogP contribution < -0.4 is 5.73 Å². The molecule has 68 valence electrons. The van der Waals surface area contributed by atoms with Gasteiger partial charge in [0.25, 0.3) is 0 Å². The molecule has 4 heteroatoms. The lowest BCUT2D eigenvalue weighted by Gasteiger charge is -1.93. The fraction of sp³-hybridized carbons (Fsp3) is 0.625. The zero-order valence-electron chi connectivity index (χ0n) is 7.25. The van der Waals surface area contributed by atoms with E-state index < -0.39 is 0 Å². The number of nitrogens with zero attached hydrogens (tertiary/aromatic N) is 1. The Labute approximate surface area is 71.7 Å². The molecule has 0 aliphatic heterocycles. The first-order chi connectivity index (χ1) is 5.86. The van der Waals surface area contributed by atoms with E-state index in [1.807, 2.05) is 0 Å². The second-order valence-electron chi connectivity index (χ2n) is 2.50. The van der Waals surface area contributed by atoms with Crippen molar-refractivity contribution in [2.45, 2.75) is 12.8 Å². The molecule has 0 bridgehead atoms. The van der Waals surface area contributed by atoms with Gasteiger partial charge in [-0.15, -0.1) is 0 Å². The third-order valence-corrected chi connectivity index (χ3v) is 1.51. The Morgan fingerprint density at radius 3 is 3.08 bits per heavy atom. The Hall–Kier alpha value is -0.870. The number of methoxy groups -OCH3 is 1. The van der Waals surface area contributed by atoms with Gasteiger partial charge in [0.15, 0.2) is 5.89 Å². The van der Waals surface area contributed by atoms with Crippen LogP contribution in [0.25, 0.3) is 0 Å². The summed E-state index contributed by atoms with van der Waals surface area (Å²) in [7, 11) is 1.66. The van der Waals surface area contributed by atoms with E-state index in [2.05, 4.69) is 4.98 Å². The van der Waals surface area contributed by atoms with Gasteiger partial charge in [-0.1, -0.05) is 0 Å². The summed E-state index contributed by atoms with van der Waals surface area (Å²) in [5.41, 5.74) is 5.36. The first-order valence-corrected chi connectivity index (χ1v) is 3.99. The van der Waals surface area contributed by atoms with Gasteiger partial charge in [0.1, 0.15) is 5.76 Å². The monoisotopic (exact) mass is 170 g/mol. The van der Waals surface area contributed by atoms with Gasteiger partial charge in [-0.2, -0.15) is 0 Å². The van der Waals surface area contributed by atoms with Gasteiger partial charge >= 0.3 is 0 Å². The molecule has 0 aromatic carbocycles. The van der Waals surface area contributed by atoms with Gasteiger partial charge in [-0.05, 0) is 6.54 Å². The maximum absolute atomic E-state index is 5.36. The van der Waals surface area contributed by atoms with E-state index in [0.717, 1.165) is 24.5 Å². The van der Waals surface area contributed by atoms with Crippen LogP contribution in [0.15, 0.2) is 10.6 Å². The van der Waals surface area contributed by atoms with E-state index in [-0.39, 0.29) is 0 Å². The third kappa shape index (κ3) is 2.64. The van der Waals surface area contributed by atoms with Crippen molar-refractivity contribution >= 4 is 0 Å². The average molecular weight is 170 g/mol. The molecule has 0 spiro atoms.